The van der Waals surface area contributed by atoms with Crippen molar-refractivity contribution in [3.8, 4) is 0 Å². The van der Waals surface area contributed by atoms with E-state index in [1.54, 1.807) is 12.1 Å². The molecule has 0 spiro atoms. The standard InChI is InChI=1S/C17H14ClFN2O5S2/c18-15-4-2-11(27-15)6-8-28(25,26)20-13-5-7-21(16(13)22)14-3-1-10(17(23)24)9-12(14)19/h1-4,6,8-9,13,20H,5,7H2,(H,23,24)/b8-6+. The van der Waals surface area contributed by atoms with Crippen molar-refractivity contribution in [2.45, 2.75) is 12.5 Å². The van der Waals surface area contributed by atoms with Crippen LogP contribution in [0.4, 0.5) is 10.1 Å². The second kappa shape index (κ2) is 8.00. The van der Waals surface area contributed by atoms with E-state index in [9.17, 15) is 22.4 Å². The SMILES string of the molecule is O=C(O)c1ccc(N2CCC(NS(=O)(=O)/C=C/c3ccc(Cl)s3)C2=O)c(F)c1. The third-order valence-electron chi connectivity index (χ3n) is 4.00. The summed E-state index contributed by atoms with van der Waals surface area (Å²) in [5, 5.41) is 9.82. The van der Waals surface area contributed by atoms with Gasteiger partial charge in [0.2, 0.25) is 15.9 Å². The molecular weight excluding hydrogens is 431 g/mol. The largest absolute Gasteiger partial charge is 0.478 e. The Morgan fingerprint density at radius 3 is 2.71 bits per heavy atom. The number of thiophene rings is 1. The smallest absolute Gasteiger partial charge is 0.335 e. The van der Waals surface area contributed by atoms with Gasteiger partial charge in [-0.2, -0.15) is 4.72 Å². The van der Waals surface area contributed by atoms with Crippen molar-refractivity contribution in [3.63, 3.8) is 0 Å². The Balaban J connectivity index is 1.71. The van der Waals surface area contributed by atoms with Crippen LogP contribution in [-0.2, 0) is 14.8 Å². The van der Waals surface area contributed by atoms with Gasteiger partial charge in [-0.15, -0.1) is 11.3 Å². The molecule has 1 saturated heterocycles. The van der Waals surface area contributed by atoms with Crippen molar-refractivity contribution in [2.75, 3.05) is 11.4 Å². The molecule has 7 nitrogen and oxygen atoms in total. The maximum Gasteiger partial charge on any atom is 0.335 e. The van der Waals surface area contributed by atoms with Crippen LogP contribution in [0.5, 0.6) is 0 Å². The molecule has 1 aliphatic rings. The van der Waals surface area contributed by atoms with Crippen LogP contribution in [0, 0.1) is 5.82 Å². The van der Waals surface area contributed by atoms with Crippen LogP contribution < -0.4 is 9.62 Å². The van der Waals surface area contributed by atoms with Gasteiger partial charge in [0.1, 0.15) is 11.9 Å². The Hall–Kier alpha value is -2.27. The van der Waals surface area contributed by atoms with E-state index in [2.05, 4.69) is 4.72 Å². The fraction of sp³-hybridized carbons (Fsp3) is 0.176. The molecule has 1 aromatic carbocycles. The Labute approximate surface area is 169 Å². The Bertz CT molecular complexity index is 1070. The molecule has 2 aromatic rings. The van der Waals surface area contributed by atoms with Gasteiger partial charge in [-0.3, -0.25) is 4.79 Å². The van der Waals surface area contributed by atoms with Gasteiger partial charge < -0.3 is 10.0 Å². The number of nitrogens with zero attached hydrogens (tertiary/aromatic N) is 1. The molecule has 28 heavy (non-hydrogen) atoms. The average molecular weight is 445 g/mol. The maximum absolute atomic E-state index is 14.2. The summed E-state index contributed by atoms with van der Waals surface area (Å²) in [6.45, 7) is 0.0968. The van der Waals surface area contributed by atoms with Gasteiger partial charge in [-0.25, -0.2) is 17.6 Å². The zero-order valence-electron chi connectivity index (χ0n) is 14.1. The number of carbonyl (C=O) groups excluding carboxylic acids is 1. The number of benzene rings is 1. The van der Waals surface area contributed by atoms with E-state index in [0.29, 0.717) is 9.21 Å². The summed E-state index contributed by atoms with van der Waals surface area (Å²) >= 11 is 6.99. The van der Waals surface area contributed by atoms with Crippen molar-refractivity contribution in [2.24, 2.45) is 0 Å². The number of halogens is 2. The van der Waals surface area contributed by atoms with E-state index in [1.807, 2.05) is 0 Å². The van der Waals surface area contributed by atoms with E-state index in [0.717, 1.165) is 16.4 Å². The second-order valence-corrected chi connectivity index (χ2v) is 9.25. The molecule has 1 aliphatic heterocycles. The number of amides is 1. The predicted molar refractivity (Wildman–Crippen MR) is 105 cm³/mol. The van der Waals surface area contributed by atoms with Gasteiger partial charge in [0.25, 0.3) is 0 Å². The van der Waals surface area contributed by atoms with Crippen molar-refractivity contribution in [3.05, 3.63) is 56.3 Å². The number of aromatic carboxylic acids is 1. The minimum absolute atomic E-state index is 0.0968. The molecule has 0 radical (unpaired) electrons. The molecule has 1 aromatic heterocycles. The quantitative estimate of drug-likeness (QED) is 0.712. The summed E-state index contributed by atoms with van der Waals surface area (Å²) in [5.74, 6) is -2.77. The number of rotatable bonds is 6. The zero-order valence-corrected chi connectivity index (χ0v) is 16.5. The minimum atomic E-state index is -3.91. The minimum Gasteiger partial charge on any atom is -0.478 e. The summed E-state index contributed by atoms with van der Waals surface area (Å²) in [6, 6.07) is 5.44. The van der Waals surface area contributed by atoms with Crippen molar-refractivity contribution in [1.29, 1.82) is 0 Å². The number of carboxylic acids is 1. The number of hydrogen-bond donors (Lipinski definition) is 2. The van der Waals surface area contributed by atoms with Crippen LogP contribution in [0.3, 0.4) is 0 Å². The van der Waals surface area contributed by atoms with Gasteiger partial charge in [0, 0.05) is 16.8 Å². The molecule has 1 unspecified atom stereocenters. The summed E-state index contributed by atoms with van der Waals surface area (Å²) in [7, 11) is -3.91. The molecule has 0 bridgehead atoms. The molecule has 1 atom stereocenters. The monoisotopic (exact) mass is 444 g/mol. The first kappa shape index (κ1) is 20.5. The summed E-state index contributed by atoms with van der Waals surface area (Å²) in [4.78, 5) is 25.1. The van der Waals surface area contributed by atoms with Gasteiger partial charge in [-0.1, -0.05) is 11.6 Å². The topological polar surface area (TPSA) is 104 Å². The molecule has 0 saturated carbocycles. The van der Waals surface area contributed by atoms with E-state index in [4.69, 9.17) is 16.7 Å². The number of carboxylic acid groups (broad SMARTS) is 1. The third-order valence-corrected chi connectivity index (χ3v) is 6.31. The number of hydrogen-bond acceptors (Lipinski definition) is 5. The summed E-state index contributed by atoms with van der Waals surface area (Å²) < 4.78 is 41.4. The zero-order chi connectivity index (χ0) is 20.5. The summed E-state index contributed by atoms with van der Waals surface area (Å²) in [5.41, 5.74) is -0.343. The van der Waals surface area contributed by atoms with Crippen molar-refractivity contribution >= 4 is 56.6 Å². The highest BCUT2D eigenvalue weighted by molar-refractivity contribution is 7.92. The van der Waals surface area contributed by atoms with Crippen LogP contribution in [0.25, 0.3) is 6.08 Å². The van der Waals surface area contributed by atoms with Crippen LogP contribution in [-0.4, -0.2) is 38.0 Å². The Morgan fingerprint density at radius 2 is 2.11 bits per heavy atom. The van der Waals surface area contributed by atoms with Crippen LogP contribution in [0.2, 0.25) is 4.34 Å². The van der Waals surface area contributed by atoms with Crippen molar-refractivity contribution < 1.29 is 27.5 Å². The highest BCUT2D eigenvalue weighted by atomic mass is 35.5. The number of nitrogens with one attached hydrogen (secondary N) is 1. The van der Waals surface area contributed by atoms with Gasteiger partial charge >= 0.3 is 5.97 Å². The molecule has 0 aliphatic carbocycles. The van der Waals surface area contributed by atoms with Crippen molar-refractivity contribution in [1.82, 2.24) is 4.72 Å². The second-order valence-electron chi connectivity index (χ2n) is 5.91. The normalized spacial score (nSPS) is 17.6. The third kappa shape index (κ3) is 4.58. The first-order valence-electron chi connectivity index (χ1n) is 7.96. The molecule has 1 fully saturated rings. The molecule has 1 amide bonds. The van der Waals surface area contributed by atoms with Crippen LogP contribution >= 0.6 is 22.9 Å². The van der Waals surface area contributed by atoms with Crippen LogP contribution in [0.1, 0.15) is 21.7 Å². The number of anilines is 1. The molecule has 11 heteroatoms. The first-order chi connectivity index (χ1) is 13.2. The number of sulfonamides is 1. The molecule has 2 heterocycles. The highest BCUT2D eigenvalue weighted by Crippen LogP contribution is 2.26. The van der Waals surface area contributed by atoms with Gasteiger partial charge in [0.05, 0.1) is 15.6 Å². The molecule has 2 N–H and O–H groups in total. The fourth-order valence-electron chi connectivity index (χ4n) is 2.70. The molecular formula is C17H14ClFN2O5S2. The number of carbonyl (C=O) groups is 2. The first-order valence-corrected chi connectivity index (χ1v) is 10.7. The lowest BCUT2D eigenvalue weighted by Gasteiger charge is -2.18. The molecule has 3 rings (SSSR count). The highest BCUT2D eigenvalue weighted by Gasteiger charge is 2.36. The van der Waals surface area contributed by atoms with E-state index >= 15 is 0 Å². The predicted octanol–water partition coefficient (Wildman–Crippen LogP) is 2.93. The van der Waals surface area contributed by atoms with E-state index < -0.39 is 33.8 Å². The lowest BCUT2D eigenvalue weighted by atomic mass is 10.2. The van der Waals surface area contributed by atoms with Gasteiger partial charge in [0.15, 0.2) is 0 Å². The molecule has 148 valence electrons. The van der Waals surface area contributed by atoms with Gasteiger partial charge in [-0.05, 0) is 42.8 Å². The average Bonchev–Trinajstić information content (AvgIpc) is 3.19. The lowest BCUT2D eigenvalue weighted by Crippen LogP contribution is -2.40. The van der Waals surface area contributed by atoms with E-state index in [-0.39, 0.29) is 24.2 Å². The maximum atomic E-state index is 14.2. The van der Waals surface area contributed by atoms with E-state index in [1.165, 1.54) is 29.5 Å². The lowest BCUT2D eigenvalue weighted by molar-refractivity contribution is -0.118. The Morgan fingerprint density at radius 1 is 1.36 bits per heavy atom. The fourth-order valence-corrected chi connectivity index (χ4v) is 4.77. The van der Waals surface area contributed by atoms with Crippen LogP contribution in [0.15, 0.2) is 35.7 Å². The Kier molecular flexibility index (Phi) is 5.84. The summed E-state index contributed by atoms with van der Waals surface area (Å²) in [6.07, 6.45) is 1.51.